The zero-order chi connectivity index (χ0) is 12.7. The fourth-order valence-electron chi connectivity index (χ4n) is 3.04. The highest BCUT2D eigenvalue weighted by atomic mass is 16.5. The van der Waals surface area contributed by atoms with Crippen molar-refractivity contribution in [3.05, 3.63) is 29.8 Å². The van der Waals surface area contributed by atoms with Gasteiger partial charge in [-0.2, -0.15) is 0 Å². The predicted molar refractivity (Wildman–Crippen MR) is 66.1 cm³/mol. The van der Waals surface area contributed by atoms with Crippen molar-refractivity contribution in [3.63, 3.8) is 0 Å². The molecule has 96 valence electrons. The van der Waals surface area contributed by atoms with Gasteiger partial charge in [0, 0.05) is 12.6 Å². The molecule has 1 aromatic carbocycles. The third-order valence-corrected chi connectivity index (χ3v) is 4.06. The van der Waals surface area contributed by atoms with E-state index in [0.717, 1.165) is 24.2 Å². The number of benzene rings is 1. The van der Waals surface area contributed by atoms with Crippen LogP contribution in [0.1, 0.15) is 18.4 Å². The first-order valence-electron chi connectivity index (χ1n) is 6.30. The van der Waals surface area contributed by atoms with Gasteiger partial charge in [-0.3, -0.25) is 4.79 Å². The van der Waals surface area contributed by atoms with E-state index in [1.165, 1.54) is 0 Å². The molecule has 2 bridgehead atoms. The molecule has 4 heteroatoms. The van der Waals surface area contributed by atoms with Crippen molar-refractivity contribution in [2.75, 3.05) is 7.11 Å². The SMILES string of the molecule is COc1ccc(CN2C(=O)[C@@H]3C[C@H]2C[C@H]3O)cc1. The van der Waals surface area contributed by atoms with Gasteiger partial charge < -0.3 is 14.7 Å². The third kappa shape index (κ3) is 1.77. The number of rotatable bonds is 3. The van der Waals surface area contributed by atoms with Gasteiger partial charge in [-0.15, -0.1) is 0 Å². The molecule has 2 fully saturated rings. The molecule has 0 radical (unpaired) electrons. The minimum absolute atomic E-state index is 0.106. The zero-order valence-corrected chi connectivity index (χ0v) is 10.4. The minimum atomic E-state index is -0.422. The first-order chi connectivity index (χ1) is 8.69. The molecule has 18 heavy (non-hydrogen) atoms. The second-order valence-electron chi connectivity index (χ2n) is 5.11. The number of aliphatic hydroxyl groups is 1. The highest BCUT2D eigenvalue weighted by Gasteiger charge is 2.49. The molecule has 3 rings (SSSR count). The summed E-state index contributed by atoms with van der Waals surface area (Å²) in [5.74, 6) is 0.770. The molecule has 1 aliphatic carbocycles. The molecular weight excluding hydrogens is 230 g/mol. The monoisotopic (exact) mass is 247 g/mol. The average Bonchev–Trinajstić information content (AvgIpc) is 2.89. The number of ether oxygens (including phenoxy) is 1. The molecule has 0 unspecified atom stereocenters. The minimum Gasteiger partial charge on any atom is -0.497 e. The fraction of sp³-hybridized carbons (Fsp3) is 0.500. The van der Waals surface area contributed by atoms with Crippen LogP contribution in [0.5, 0.6) is 5.75 Å². The van der Waals surface area contributed by atoms with E-state index in [-0.39, 0.29) is 17.9 Å². The Bertz CT molecular complexity index is 457. The second-order valence-corrected chi connectivity index (χ2v) is 5.11. The molecular formula is C14H17NO3. The maximum absolute atomic E-state index is 12.0. The predicted octanol–water partition coefficient (Wildman–Crippen LogP) is 1.18. The van der Waals surface area contributed by atoms with Gasteiger partial charge in [0.2, 0.25) is 5.91 Å². The summed E-state index contributed by atoms with van der Waals surface area (Å²) in [5.41, 5.74) is 1.10. The molecule has 1 aromatic rings. The number of nitrogens with zero attached hydrogens (tertiary/aromatic N) is 1. The normalized spacial score (nSPS) is 30.0. The van der Waals surface area contributed by atoms with Crippen molar-refractivity contribution in [2.45, 2.75) is 31.5 Å². The lowest BCUT2D eigenvalue weighted by molar-refractivity contribution is -0.138. The van der Waals surface area contributed by atoms with Crippen molar-refractivity contribution in [1.82, 2.24) is 4.90 Å². The highest BCUT2D eigenvalue weighted by Crippen LogP contribution is 2.39. The van der Waals surface area contributed by atoms with E-state index in [9.17, 15) is 9.90 Å². The lowest BCUT2D eigenvalue weighted by atomic mass is 10.0. The average molecular weight is 247 g/mol. The van der Waals surface area contributed by atoms with Gasteiger partial charge in [0.1, 0.15) is 5.75 Å². The van der Waals surface area contributed by atoms with Gasteiger partial charge in [0.25, 0.3) is 0 Å². The van der Waals surface area contributed by atoms with Gasteiger partial charge in [-0.1, -0.05) is 12.1 Å². The van der Waals surface area contributed by atoms with Crippen LogP contribution in [0.2, 0.25) is 0 Å². The van der Waals surface area contributed by atoms with Crippen LogP contribution < -0.4 is 4.74 Å². The molecule has 1 N–H and O–H groups in total. The standard InChI is InChI=1S/C14H17NO3/c1-18-11-4-2-9(3-5-11)8-15-10-6-12(14(15)17)13(16)7-10/h2-5,10,12-13,16H,6-8H2,1H3/t10-,12+,13+/m0/s1. The number of hydrogen-bond acceptors (Lipinski definition) is 3. The van der Waals surface area contributed by atoms with Crippen LogP contribution in [-0.2, 0) is 11.3 Å². The largest absolute Gasteiger partial charge is 0.497 e. The fourth-order valence-corrected chi connectivity index (χ4v) is 3.04. The summed E-state index contributed by atoms with van der Waals surface area (Å²) in [5, 5.41) is 9.68. The summed E-state index contributed by atoms with van der Waals surface area (Å²) < 4.78 is 5.11. The quantitative estimate of drug-likeness (QED) is 0.872. The number of aliphatic hydroxyl groups excluding tert-OH is 1. The smallest absolute Gasteiger partial charge is 0.228 e. The van der Waals surface area contributed by atoms with Gasteiger partial charge in [-0.25, -0.2) is 0 Å². The topological polar surface area (TPSA) is 49.8 Å². The number of fused-ring (bicyclic) bond motifs is 2. The molecule has 1 amide bonds. The van der Waals surface area contributed by atoms with Crippen molar-refractivity contribution >= 4 is 5.91 Å². The Morgan fingerprint density at radius 1 is 1.33 bits per heavy atom. The van der Waals surface area contributed by atoms with E-state index in [0.29, 0.717) is 6.54 Å². The molecule has 1 saturated carbocycles. The van der Waals surface area contributed by atoms with Crippen molar-refractivity contribution in [2.24, 2.45) is 5.92 Å². The van der Waals surface area contributed by atoms with E-state index in [4.69, 9.17) is 4.74 Å². The first-order valence-corrected chi connectivity index (χ1v) is 6.30. The van der Waals surface area contributed by atoms with Gasteiger partial charge in [0.05, 0.1) is 19.1 Å². The van der Waals surface area contributed by atoms with Crippen LogP contribution in [0, 0.1) is 5.92 Å². The summed E-state index contributed by atoms with van der Waals surface area (Å²) in [7, 11) is 1.64. The number of amides is 1. The molecule has 2 aliphatic rings. The molecule has 1 heterocycles. The van der Waals surface area contributed by atoms with Crippen LogP contribution in [0.3, 0.4) is 0 Å². The maximum Gasteiger partial charge on any atom is 0.228 e. The van der Waals surface area contributed by atoms with Crippen LogP contribution in [0.15, 0.2) is 24.3 Å². The van der Waals surface area contributed by atoms with Gasteiger partial charge >= 0.3 is 0 Å². The summed E-state index contributed by atoms with van der Waals surface area (Å²) in [6.45, 7) is 0.636. The van der Waals surface area contributed by atoms with Crippen molar-refractivity contribution in [3.8, 4) is 5.75 Å². The first kappa shape index (κ1) is 11.5. The highest BCUT2D eigenvalue weighted by molar-refractivity contribution is 5.83. The van der Waals surface area contributed by atoms with E-state index in [1.54, 1.807) is 7.11 Å². The van der Waals surface area contributed by atoms with Crippen LogP contribution in [0.25, 0.3) is 0 Å². The molecule has 1 saturated heterocycles. The summed E-state index contributed by atoms with van der Waals surface area (Å²) in [6.07, 6.45) is 1.12. The molecule has 0 spiro atoms. The number of piperidine rings is 1. The van der Waals surface area contributed by atoms with E-state index >= 15 is 0 Å². The number of carbonyl (C=O) groups is 1. The Morgan fingerprint density at radius 2 is 2.06 bits per heavy atom. The van der Waals surface area contributed by atoms with Crippen LogP contribution >= 0.6 is 0 Å². The Morgan fingerprint density at radius 3 is 2.61 bits per heavy atom. The van der Waals surface area contributed by atoms with Crippen molar-refractivity contribution in [1.29, 1.82) is 0 Å². The zero-order valence-electron chi connectivity index (χ0n) is 10.4. The van der Waals surface area contributed by atoms with E-state index in [2.05, 4.69) is 0 Å². The van der Waals surface area contributed by atoms with Gasteiger partial charge in [0.15, 0.2) is 0 Å². The molecule has 3 atom stereocenters. The Hall–Kier alpha value is -1.55. The number of carbonyl (C=O) groups excluding carboxylic acids is 1. The third-order valence-electron chi connectivity index (χ3n) is 4.06. The van der Waals surface area contributed by atoms with Gasteiger partial charge in [-0.05, 0) is 30.5 Å². The second kappa shape index (κ2) is 4.28. The Kier molecular flexibility index (Phi) is 2.74. The summed E-state index contributed by atoms with van der Waals surface area (Å²) in [6, 6.07) is 7.99. The maximum atomic E-state index is 12.0. The van der Waals surface area contributed by atoms with Crippen LogP contribution in [-0.4, -0.2) is 35.2 Å². The molecule has 0 aromatic heterocycles. The number of methoxy groups -OCH3 is 1. The summed E-state index contributed by atoms with van der Waals surface area (Å²) in [4.78, 5) is 13.9. The number of likely N-dealkylation sites (tertiary alicyclic amines) is 1. The Balaban J connectivity index is 1.72. The van der Waals surface area contributed by atoms with Crippen LogP contribution in [0.4, 0.5) is 0 Å². The summed E-state index contributed by atoms with van der Waals surface area (Å²) >= 11 is 0. The van der Waals surface area contributed by atoms with E-state index < -0.39 is 6.10 Å². The number of hydrogen-bond donors (Lipinski definition) is 1. The lowest BCUT2D eigenvalue weighted by Gasteiger charge is -2.29. The Labute approximate surface area is 106 Å². The lowest BCUT2D eigenvalue weighted by Crippen LogP contribution is -2.41. The van der Waals surface area contributed by atoms with E-state index in [1.807, 2.05) is 29.2 Å². The van der Waals surface area contributed by atoms with Crippen molar-refractivity contribution < 1.29 is 14.6 Å². The molecule has 1 aliphatic heterocycles. The molecule has 4 nitrogen and oxygen atoms in total.